The van der Waals surface area contributed by atoms with Crippen molar-refractivity contribution in [1.82, 2.24) is 24.5 Å². The van der Waals surface area contributed by atoms with Gasteiger partial charge in [0, 0.05) is 62.4 Å². The maximum absolute atomic E-state index is 13.6. The third-order valence-corrected chi connectivity index (χ3v) is 8.48. The number of rotatable bonds is 8. The minimum absolute atomic E-state index is 0.0987. The van der Waals surface area contributed by atoms with Gasteiger partial charge in [-0.3, -0.25) is 9.88 Å². The van der Waals surface area contributed by atoms with Crippen molar-refractivity contribution in [2.24, 2.45) is 0 Å². The Bertz CT molecular complexity index is 1340. The molecule has 1 aromatic heterocycles. The van der Waals surface area contributed by atoms with Gasteiger partial charge >= 0.3 is 6.03 Å². The molecule has 2 fully saturated rings. The molecule has 10 nitrogen and oxygen atoms in total. The van der Waals surface area contributed by atoms with E-state index in [1.165, 1.54) is 10.5 Å². The molecule has 2 aliphatic rings. The van der Waals surface area contributed by atoms with Gasteiger partial charge in [0.1, 0.15) is 5.75 Å². The Kier molecular flexibility index (Phi) is 7.56. The van der Waals surface area contributed by atoms with Crippen molar-refractivity contribution in [3.8, 4) is 11.6 Å². The van der Waals surface area contributed by atoms with Crippen molar-refractivity contribution < 1.29 is 17.9 Å². The average molecular weight is 543 g/mol. The summed E-state index contributed by atoms with van der Waals surface area (Å²) in [6, 6.07) is 13.8. The van der Waals surface area contributed by atoms with Gasteiger partial charge in [-0.05, 0) is 42.0 Å². The fourth-order valence-electron chi connectivity index (χ4n) is 4.51. The van der Waals surface area contributed by atoms with Crippen molar-refractivity contribution in [2.75, 3.05) is 49.9 Å². The number of benzene rings is 2. The largest absolute Gasteiger partial charge is 0.437 e. The summed E-state index contributed by atoms with van der Waals surface area (Å²) < 4.78 is 33.2. The lowest BCUT2D eigenvalue weighted by Crippen LogP contribution is -2.48. The van der Waals surface area contributed by atoms with Crippen LogP contribution in [0.15, 0.2) is 67.1 Å². The van der Waals surface area contributed by atoms with Gasteiger partial charge in [-0.15, -0.1) is 0 Å². The third-order valence-electron chi connectivity index (χ3n) is 6.38. The number of hydrogen-bond acceptors (Lipinski definition) is 7. The Morgan fingerprint density at radius 3 is 2.59 bits per heavy atom. The first-order valence-electron chi connectivity index (χ1n) is 12.0. The molecule has 2 amide bonds. The van der Waals surface area contributed by atoms with Crippen LogP contribution >= 0.6 is 11.6 Å². The zero-order chi connectivity index (χ0) is 25.8. The first-order chi connectivity index (χ1) is 17.9. The number of aromatic nitrogens is 2. The molecule has 0 aliphatic carbocycles. The maximum Gasteiger partial charge on any atom is 0.325 e. The highest BCUT2D eigenvalue weighted by Gasteiger charge is 2.40. The Balaban J connectivity index is 1.39. The van der Waals surface area contributed by atoms with E-state index in [4.69, 9.17) is 16.3 Å². The van der Waals surface area contributed by atoms with Crippen LogP contribution in [-0.4, -0.2) is 78.6 Å². The van der Waals surface area contributed by atoms with Crippen molar-refractivity contribution in [1.29, 1.82) is 0 Å². The summed E-state index contributed by atoms with van der Waals surface area (Å²) in [5.74, 6) is 0.785. The summed E-state index contributed by atoms with van der Waals surface area (Å²) in [5.41, 5.74) is 1.52. The molecule has 3 aromatic rings. The minimum Gasteiger partial charge on any atom is -0.437 e. The molecule has 2 saturated heterocycles. The molecular formula is C25H27ClN6O4S. The highest BCUT2D eigenvalue weighted by Crippen LogP contribution is 2.36. The van der Waals surface area contributed by atoms with Crippen LogP contribution in [-0.2, 0) is 10.0 Å². The Morgan fingerprint density at radius 1 is 1.08 bits per heavy atom. The number of amides is 2. The lowest BCUT2D eigenvalue weighted by molar-refractivity contribution is 0.223. The van der Waals surface area contributed by atoms with E-state index >= 15 is 0 Å². The summed E-state index contributed by atoms with van der Waals surface area (Å²) in [6.07, 6.45) is 4.63. The van der Waals surface area contributed by atoms with Crippen molar-refractivity contribution in [3.63, 3.8) is 0 Å². The van der Waals surface area contributed by atoms with Crippen LogP contribution in [0.1, 0.15) is 11.6 Å². The molecule has 37 heavy (non-hydrogen) atoms. The lowest BCUT2D eigenvalue weighted by Gasteiger charge is -2.27. The molecule has 0 saturated carbocycles. The van der Waals surface area contributed by atoms with E-state index in [0.717, 1.165) is 5.56 Å². The monoisotopic (exact) mass is 542 g/mol. The number of hydrogen-bond donors (Lipinski definition) is 1. The molecule has 2 aromatic carbocycles. The summed E-state index contributed by atoms with van der Waals surface area (Å²) in [6.45, 7) is 2.56. The van der Waals surface area contributed by atoms with Crippen LogP contribution in [0.25, 0.3) is 0 Å². The molecule has 194 valence electrons. The van der Waals surface area contributed by atoms with Crippen LogP contribution in [0, 0.1) is 0 Å². The van der Waals surface area contributed by atoms with Gasteiger partial charge in [-0.1, -0.05) is 23.7 Å². The number of carbonyl (C=O) groups excluding carboxylic acids is 1. The van der Waals surface area contributed by atoms with Gasteiger partial charge in [0.05, 0.1) is 18.0 Å². The third kappa shape index (κ3) is 5.85. The first-order valence-corrected chi connectivity index (χ1v) is 14.0. The normalized spacial score (nSPS) is 18.8. The zero-order valence-electron chi connectivity index (χ0n) is 20.0. The molecule has 12 heteroatoms. The average Bonchev–Trinajstić information content (AvgIpc) is 3.25. The lowest BCUT2D eigenvalue weighted by atomic mass is 10.1. The van der Waals surface area contributed by atoms with E-state index in [-0.39, 0.29) is 24.4 Å². The minimum atomic E-state index is -3.47. The van der Waals surface area contributed by atoms with Crippen molar-refractivity contribution >= 4 is 33.3 Å². The molecule has 1 atom stereocenters. The van der Waals surface area contributed by atoms with Gasteiger partial charge in [-0.2, -0.15) is 4.31 Å². The molecule has 0 spiro atoms. The van der Waals surface area contributed by atoms with Gasteiger partial charge in [-0.25, -0.2) is 18.2 Å². The Hall–Kier alpha value is -3.25. The number of urea groups is 1. The maximum atomic E-state index is 13.6. The molecule has 0 bridgehead atoms. The van der Waals surface area contributed by atoms with Crippen LogP contribution in [0.3, 0.4) is 0 Å². The topological polar surface area (TPSA) is 108 Å². The number of anilines is 1. The predicted octanol–water partition coefficient (Wildman–Crippen LogP) is 3.14. The Morgan fingerprint density at radius 2 is 1.86 bits per heavy atom. The fourth-order valence-corrected chi connectivity index (χ4v) is 6.08. The van der Waals surface area contributed by atoms with Crippen LogP contribution < -0.4 is 15.0 Å². The number of sulfonamides is 1. The van der Waals surface area contributed by atoms with E-state index < -0.39 is 10.0 Å². The second kappa shape index (κ2) is 11.0. The summed E-state index contributed by atoms with van der Waals surface area (Å²) >= 11 is 6.09. The van der Waals surface area contributed by atoms with Gasteiger partial charge in [0.15, 0.2) is 0 Å². The van der Waals surface area contributed by atoms with Crippen molar-refractivity contribution in [3.05, 3.63) is 77.7 Å². The molecule has 1 N–H and O–H groups in total. The van der Waals surface area contributed by atoms with Crippen molar-refractivity contribution in [2.45, 2.75) is 6.04 Å². The van der Waals surface area contributed by atoms with Gasteiger partial charge in [0.2, 0.25) is 15.9 Å². The highest BCUT2D eigenvalue weighted by molar-refractivity contribution is 7.89. The van der Waals surface area contributed by atoms with E-state index in [1.807, 2.05) is 18.2 Å². The smallest absolute Gasteiger partial charge is 0.325 e. The number of nitrogens with one attached hydrogen (secondary N) is 1. The van der Waals surface area contributed by atoms with E-state index in [1.54, 1.807) is 52.5 Å². The van der Waals surface area contributed by atoms with E-state index in [9.17, 15) is 13.2 Å². The number of nitrogens with zero attached hydrogens (tertiary/aromatic N) is 5. The summed E-state index contributed by atoms with van der Waals surface area (Å²) in [4.78, 5) is 25.0. The second-order valence-corrected chi connectivity index (χ2v) is 11.3. The van der Waals surface area contributed by atoms with Crippen LogP contribution in [0.4, 0.5) is 10.5 Å². The van der Waals surface area contributed by atoms with Gasteiger partial charge in [0.25, 0.3) is 0 Å². The zero-order valence-corrected chi connectivity index (χ0v) is 21.6. The standard InChI is InChI=1S/C25H27ClN6O4S/c26-20-4-6-21(7-5-20)32-23(19-2-1-3-22(16-19)36-24-17-28-8-9-29-24)18-30(25(32)33)14-15-37(34,35)31-12-10-27-11-13-31/h1-9,16-17,23,27H,10-15,18H2/t23-/m1/s1. The molecule has 5 rings (SSSR count). The second-order valence-electron chi connectivity index (χ2n) is 8.77. The molecule has 0 radical (unpaired) electrons. The predicted molar refractivity (Wildman–Crippen MR) is 140 cm³/mol. The molecule has 3 heterocycles. The molecular weight excluding hydrogens is 516 g/mol. The quantitative estimate of drug-likeness (QED) is 0.466. The van der Waals surface area contributed by atoms with E-state index in [2.05, 4.69) is 15.3 Å². The first kappa shape index (κ1) is 25.4. The number of ether oxygens (including phenoxy) is 1. The molecule has 0 unspecified atom stereocenters. The fraction of sp³-hybridized carbons (Fsp3) is 0.320. The molecule has 2 aliphatic heterocycles. The highest BCUT2D eigenvalue weighted by atomic mass is 35.5. The summed E-state index contributed by atoms with van der Waals surface area (Å²) in [5, 5.41) is 3.72. The Labute approximate surface area is 220 Å². The SMILES string of the molecule is O=C1N(CCS(=O)(=O)N2CCNCC2)C[C@H](c2cccc(Oc3cnccn3)c2)N1c1ccc(Cl)cc1. The number of piperazine rings is 1. The van der Waals surface area contributed by atoms with Crippen LogP contribution in [0.5, 0.6) is 11.6 Å². The number of halogens is 1. The summed E-state index contributed by atoms with van der Waals surface area (Å²) in [7, 11) is -3.47. The number of carbonyl (C=O) groups is 1. The van der Waals surface area contributed by atoms with E-state index in [0.29, 0.717) is 55.1 Å². The van der Waals surface area contributed by atoms with Gasteiger partial charge < -0.3 is 15.0 Å². The van der Waals surface area contributed by atoms with Crippen LogP contribution in [0.2, 0.25) is 5.02 Å².